The van der Waals surface area contributed by atoms with E-state index in [4.69, 9.17) is 5.73 Å². The molecule has 2 N–H and O–H groups in total. The van der Waals surface area contributed by atoms with Crippen molar-refractivity contribution in [3.8, 4) is 0 Å². The summed E-state index contributed by atoms with van der Waals surface area (Å²) in [4.78, 5) is 12.2. The second-order valence-corrected chi connectivity index (χ2v) is 4.30. The number of carbonyl (C=O) groups excluding carboxylic acids is 1. The van der Waals surface area contributed by atoms with Crippen LogP contribution in [0.5, 0.6) is 0 Å². The molecule has 0 saturated heterocycles. The third-order valence-electron chi connectivity index (χ3n) is 2.43. The highest BCUT2D eigenvalue weighted by atomic mass is 19.4. The Labute approximate surface area is 93.8 Å². The first-order valence-electron chi connectivity index (χ1n) is 5.19. The summed E-state index contributed by atoms with van der Waals surface area (Å²) >= 11 is 0. The maximum atomic E-state index is 11.9. The number of nitrogens with two attached hydrogens (primary N) is 1. The first kappa shape index (κ1) is 15.2. The fourth-order valence-corrected chi connectivity index (χ4v) is 1.11. The molecule has 0 fully saturated rings. The largest absolute Gasteiger partial charge is 0.397 e. The van der Waals surface area contributed by atoms with Gasteiger partial charge in [-0.3, -0.25) is 4.79 Å². The van der Waals surface area contributed by atoms with Crippen molar-refractivity contribution in [2.75, 3.05) is 13.6 Å². The lowest BCUT2D eigenvalue weighted by Crippen LogP contribution is -2.36. The Bertz CT molecular complexity index is 229. The van der Waals surface area contributed by atoms with Crippen LogP contribution in [0.2, 0.25) is 0 Å². The molecule has 0 aliphatic carbocycles. The second-order valence-electron chi connectivity index (χ2n) is 4.30. The van der Waals surface area contributed by atoms with Gasteiger partial charge in [0.05, 0.1) is 0 Å². The van der Waals surface area contributed by atoms with Crippen molar-refractivity contribution in [2.24, 2.45) is 11.7 Å². The molecule has 0 aliphatic rings. The molecule has 0 rings (SSSR count). The number of alkyl halides is 3. The molecule has 0 bridgehead atoms. The number of hydrogen-bond acceptors (Lipinski definition) is 2. The number of halogens is 3. The van der Waals surface area contributed by atoms with E-state index in [0.717, 1.165) is 4.90 Å². The smallest absolute Gasteiger partial charge is 0.345 e. The summed E-state index contributed by atoms with van der Waals surface area (Å²) < 4.78 is 35.8. The van der Waals surface area contributed by atoms with Crippen LogP contribution in [0.15, 0.2) is 0 Å². The van der Waals surface area contributed by atoms with Gasteiger partial charge in [0.25, 0.3) is 0 Å². The summed E-state index contributed by atoms with van der Waals surface area (Å²) in [7, 11) is 1.36. The van der Waals surface area contributed by atoms with Gasteiger partial charge in [-0.05, 0) is 12.3 Å². The normalized spacial score (nSPS) is 14.0. The van der Waals surface area contributed by atoms with E-state index >= 15 is 0 Å². The van der Waals surface area contributed by atoms with Crippen LogP contribution >= 0.6 is 0 Å². The van der Waals surface area contributed by atoms with Gasteiger partial charge in [-0.25, -0.2) is 0 Å². The van der Waals surface area contributed by atoms with Gasteiger partial charge in [0.2, 0.25) is 5.91 Å². The van der Waals surface area contributed by atoms with Crippen molar-refractivity contribution in [2.45, 2.75) is 38.9 Å². The zero-order valence-electron chi connectivity index (χ0n) is 9.84. The molecule has 0 spiro atoms. The van der Waals surface area contributed by atoms with Crippen molar-refractivity contribution < 1.29 is 18.0 Å². The van der Waals surface area contributed by atoms with E-state index in [9.17, 15) is 18.0 Å². The van der Waals surface area contributed by atoms with Gasteiger partial charge in [0.1, 0.15) is 6.42 Å². The number of amides is 1. The van der Waals surface area contributed by atoms with Gasteiger partial charge in [0, 0.05) is 19.6 Å². The number of hydrogen-bond donors (Lipinski definition) is 1. The lowest BCUT2D eigenvalue weighted by molar-refractivity contribution is -0.160. The molecule has 96 valence electrons. The van der Waals surface area contributed by atoms with Gasteiger partial charge < -0.3 is 10.6 Å². The van der Waals surface area contributed by atoms with Gasteiger partial charge >= 0.3 is 6.18 Å². The van der Waals surface area contributed by atoms with Crippen LogP contribution in [-0.2, 0) is 4.79 Å². The average molecular weight is 240 g/mol. The van der Waals surface area contributed by atoms with E-state index < -0.39 is 18.5 Å². The molecule has 1 amide bonds. The van der Waals surface area contributed by atoms with Crippen LogP contribution in [0.3, 0.4) is 0 Å². The Kier molecular flexibility index (Phi) is 5.78. The predicted octanol–water partition coefficient (Wildman–Crippen LogP) is 1.77. The zero-order chi connectivity index (χ0) is 12.9. The summed E-state index contributed by atoms with van der Waals surface area (Å²) in [5.74, 6) is -0.658. The van der Waals surface area contributed by atoms with Gasteiger partial charge in [-0.15, -0.1) is 0 Å². The molecule has 1 atom stereocenters. The van der Waals surface area contributed by atoms with Crippen LogP contribution in [0.4, 0.5) is 13.2 Å². The highest BCUT2D eigenvalue weighted by Crippen LogP contribution is 2.20. The van der Waals surface area contributed by atoms with Crippen LogP contribution in [0, 0.1) is 5.92 Å². The third kappa shape index (κ3) is 6.66. The highest BCUT2D eigenvalue weighted by Gasteiger charge is 2.32. The average Bonchev–Trinajstić information content (AvgIpc) is 2.10. The Morgan fingerprint density at radius 2 is 1.88 bits per heavy atom. The summed E-state index contributed by atoms with van der Waals surface area (Å²) in [6.07, 6.45) is -5.33. The van der Waals surface area contributed by atoms with Crippen LogP contribution in [0.25, 0.3) is 0 Å². The highest BCUT2D eigenvalue weighted by molar-refractivity contribution is 5.76. The topological polar surface area (TPSA) is 46.3 Å². The maximum absolute atomic E-state index is 11.9. The van der Waals surface area contributed by atoms with Crippen molar-refractivity contribution in [3.05, 3.63) is 0 Å². The first-order valence-corrected chi connectivity index (χ1v) is 5.19. The van der Waals surface area contributed by atoms with Crippen molar-refractivity contribution >= 4 is 5.91 Å². The lowest BCUT2D eigenvalue weighted by Gasteiger charge is -2.22. The summed E-state index contributed by atoms with van der Waals surface area (Å²) in [5, 5.41) is 0. The minimum Gasteiger partial charge on any atom is -0.345 e. The fraction of sp³-hybridized carbons (Fsp3) is 0.900. The number of rotatable bonds is 5. The maximum Gasteiger partial charge on any atom is 0.397 e. The Hall–Kier alpha value is -0.780. The van der Waals surface area contributed by atoms with E-state index in [-0.39, 0.29) is 18.5 Å². The zero-order valence-corrected chi connectivity index (χ0v) is 9.84. The first-order chi connectivity index (χ1) is 7.13. The Morgan fingerprint density at radius 1 is 1.38 bits per heavy atom. The summed E-state index contributed by atoms with van der Waals surface area (Å²) in [6, 6.07) is -0.0962. The van der Waals surface area contributed by atoms with Gasteiger partial charge in [-0.2, -0.15) is 13.2 Å². The fourth-order valence-electron chi connectivity index (χ4n) is 1.11. The molecule has 6 heteroatoms. The SMILES string of the molecule is CC(C)C(N)CCN(C)C(=O)CC(F)(F)F. The van der Waals surface area contributed by atoms with E-state index in [1.165, 1.54) is 7.05 Å². The lowest BCUT2D eigenvalue weighted by atomic mass is 10.0. The molecule has 0 aromatic rings. The Balaban J connectivity index is 3.98. The quantitative estimate of drug-likeness (QED) is 0.796. The second kappa shape index (κ2) is 6.08. The predicted molar refractivity (Wildman–Crippen MR) is 55.7 cm³/mol. The molecule has 0 radical (unpaired) electrons. The number of nitrogens with zero attached hydrogens (tertiary/aromatic N) is 1. The molecule has 1 unspecified atom stereocenters. The van der Waals surface area contributed by atoms with Crippen LogP contribution in [-0.4, -0.2) is 36.6 Å². The van der Waals surface area contributed by atoms with Gasteiger partial charge in [-0.1, -0.05) is 13.8 Å². The van der Waals surface area contributed by atoms with E-state index in [0.29, 0.717) is 6.42 Å². The molecule has 0 saturated carbocycles. The molecular weight excluding hydrogens is 221 g/mol. The molecule has 0 aromatic heterocycles. The van der Waals surface area contributed by atoms with Crippen molar-refractivity contribution in [3.63, 3.8) is 0 Å². The van der Waals surface area contributed by atoms with Crippen LogP contribution < -0.4 is 5.73 Å². The third-order valence-corrected chi connectivity index (χ3v) is 2.43. The van der Waals surface area contributed by atoms with E-state index in [2.05, 4.69) is 0 Å². The minimum atomic E-state index is -4.44. The van der Waals surface area contributed by atoms with Crippen molar-refractivity contribution in [1.29, 1.82) is 0 Å². The molecular formula is C10H19F3N2O. The standard InChI is InChI=1S/C10H19F3N2O/c1-7(2)8(14)4-5-15(3)9(16)6-10(11,12)13/h7-8H,4-6,14H2,1-3H3. The molecule has 16 heavy (non-hydrogen) atoms. The summed E-state index contributed by atoms with van der Waals surface area (Å²) in [6.45, 7) is 4.12. The molecule has 0 aliphatic heterocycles. The molecule has 0 heterocycles. The van der Waals surface area contributed by atoms with E-state index in [1.807, 2.05) is 13.8 Å². The monoisotopic (exact) mass is 240 g/mol. The molecule has 3 nitrogen and oxygen atoms in total. The van der Waals surface area contributed by atoms with Gasteiger partial charge in [0.15, 0.2) is 0 Å². The minimum absolute atomic E-state index is 0.0962. The number of carbonyl (C=O) groups is 1. The molecule has 0 aromatic carbocycles. The summed E-state index contributed by atoms with van der Waals surface area (Å²) in [5.41, 5.74) is 5.73. The Morgan fingerprint density at radius 3 is 2.25 bits per heavy atom. The van der Waals surface area contributed by atoms with Crippen molar-refractivity contribution in [1.82, 2.24) is 4.90 Å². The van der Waals surface area contributed by atoms with E-state index in [1.54, 1.807) is 0 Å². The van der Waals surface area contributed by atoms with Crippen LogP contribution in [0.1, 0.15) is 26.7 Å².